The molecule has 1 amide bonds. The maximum Gasteiger partial charge on any atom is 0.305 e. The molecule has 1 rings (SSSR count). The molecule has 108 valence electrons. The van der Waals surface area contributed by atoms with E-state index in [1.807, 2.05) is 0 Å². The number of carbonyl (C=O) groups excluding carboxylic acids is 3. The van der Waals surface area contributed by atoms with Gasteiger partial charge in [0, 0.05) is 17.0 Å². The Balaban J connectivity index is 2.90. The number of amides is 1. The van der Waals surface area contributed by atoms with E-state index in [0.29, 0.717) is 10.7 Å². The third-order valence-corrected chi connectivity index (χ3v) is 2.94. The summed E-state index contributed by atoms with van der Waals surface area (Å²) in [5, 5.41) is 2.86. The normalized spacial score (nSPS) is 9.95. The molecular formula is C13H13Cl2NO4. The van der Waals surface area contributed by atoms with Crippen molar-refractivity contribution in [3.8, 4) is 0 Å². The van der Waals surface area contributed by atoms with Crippen LogP contribution in [0.2, 0.25) is 5.02 Å². The number of esters is 1. The fraction of sp³-hybridized carbons (Fsp3) is 0.308. The van der Waals surface area contributed by atoms with Gasteiger partial charge in [-0.3, -0.25) is 14.4 Å². The molecule has 0 fully saturated rings. The number of benzene rings is 1. The van der Waals surface area contributed by atoms with Crippen molar-refractivity contribution in [1.82, 2.24) is 0 Å². The zero-order chi connectivity index (χ0) is 15.1. The number of halogens is 2. The summed E-state index contributed by atoms with van der Waals surface area (Å²) in [6.07, 6.45) is -0.0680. The Morgan fingerprint density at radius 1 is 1.25 bits per heavy atom. The van der Waals surface area contributed by atoms with E-state index in [-0.39, 0.29) is 30.1 Å². The van der Waals surface area contributed by atoms with Crippen LogP contribution in [0.3, 0.4) is 0 Å². The fourth-order valence-corrected chi connectivity index (χ4v) is 1.73. The molecule has 0 saturated carbocycles. The quantitative estimate of drug-likeness (QED) is 0.497. The van der Waals surface area contributed by atoms with Gasteiger partial charge < -0.3 is 10.1 Å². The molecule has 7 heteroatoms. The van der Waals surface area contributed by atoms with Crippen LogP contribution in [0.4, 0.5) is 5.69 Å². The lowest BCUT2D eigenvalue weighted by atomic mass is 10.0. The molecule has 0 bridgehead atoms. The predicted molar refractivity (Wildman–Crippen MR) is 76.4 cm³/mol. The number of ketones is 1. The number of anilines is 1. The third kappa shape index (κ3) is 4.83. The Labute approximate surface area is 126 Å². The van der Waals surface area contributed by atoms with Crippen molar-refractivity contribution in [2.24, 2.45) is 0 Å². The van der Waals surface area contributed by atoms with Crippen LogP contribution in [0.25, 0.3) is 0 Å². The number of nitrogens with one attached hydrogen (secondary N) is 1. The summed E-state index contributed by atoms with van der Waals surface area (Å²) in [6, 6.07) is 4.49. The van der Waals surface area contributed by atoms with Crippen molar-refractivity contribution in [3.05, 3.63) is 28.8 Å². The van der Waals surface area contributed by atoms with Crippen LogP contribution in [0, 0.1) is 0 Å². The van der Waals surface area contributed by atoms with E-state index in [1.54, 1.807) is 6.07 Å². The van der Waals surface area contributed by atoms with E-state index in [2.05, 4.69) is 10.1 Å². The summed E-state index contributed by atoms with van der Waals surface area (Å²) in [4.78, 5) is 34.4. The highest BCUT2D eigenvalue weighted by atomic mass is 35.5. The Bertz CT molecular complexity index is 531. The van der Waals surface area contributed by atoms with Gasteiger partial charge in [-0.2, -0.15) is 0 Å². The molecule has 1 aromatic rings. The molecule has 0 saturated heterocycles. The summed E-state index contributed by atoms with van der Waals surface area (Å²) in [5.74, 6) is -1.45. The summed E-state index contributed by atoms with van der Waals surface area (Å²) in [7, 11) is 1.25. The van der Waals surface area contributed by atoms with Gasteiger partial charge in [-0.25, -0.2) is 0 Å². The van der Waals surface area contributed by atoms with Gasteiger partial charge in [0.25, 0.3) is 0 Å². The lowest BCUT2D eigenvalue weighted by Gasteiger charge is -2.10. The maximum atomic E-state index is 12.1. The fourth-order valence-electron chi connectivity index (χ4n) is 1.49. The predicted octanol–water partition coefficient (Wildman–Crippen LogP) is 2.65. The number of Topliss-reactive ketones (excluding diaryl/α,β-unsaturated/α-hetero) is 1. The topological polar surface area (TPSA) is 72.5 Å². The zero-order valence-corrected chi connectivity index (χ0v) is 12.3. The van der Waals surface area contributed by atoms with Gasteiger partial charge in [0.2, 0.25) is 5.91 Å². The van der Waals surface area contributed by atoms with E-state index < -0.39 is 11.9 Å². The van der Waals surface area contributed by atoms with Gasteiger partial charge in [-0.15, -0.1) is 11.6 Å². The number of ether oxygens (including phenoxy) is 1. The summed E-state index contributed by atoms with van der Waals surface area (Å²) in [6.45, 7) is 0. The SMILES string of the molecule is COC(=O)CCC(=O)c1cc(Cl)ccc1NC(=O)CCl. The van der Waals surface area contributed by atoms with Crippen LogP contribution in [0.5, 0.6) is 0 Å². The van der Waals surface area contributed by atoms with Crippen LogP contribution in [-0.4, -0.2) is 30.6 Å². The molecule has 0 aliphatic rings. The molecule has 20 heavy (non-hydrogen) atoms. The van der Waals surface area contributed by atoms with Gasteiger partial charge in [0.1, 0.15) is 5.88 Å². The first-order valence-electron chi connectivity index (χ1n) is 5.73. The van der Waals surface area contributed by atoms with Crippen LogP contribution in [0.15, 0.2) is 18.2 Å². The third-order valence-electron chi connectivity index (χ3n) is 2.46. The number of rotatable bonds is 6. The van der Waals surface area contributed by atoms with Crippen molar-refractivity contribution in [1.29, 1.82) is 0 Å². The van der Waals surface area contributed by atoms with Crippen molar-refractivity contribution < 1.29 is 19.1 Å². The Kier molecular flexibility index (Phi) is 6.48. The highest BCUT2D eigenvalue weighted by Crippen LogP contribution is 2.22. The van der Waals surface area contributed by atoms with Gasteiger partial charge in [-0.1, -0.05) is 11.6 Å². The van der Waals surface area contributed by atoms with Crippen molar-refractivity contribution >= 4 is 46.5 Å². The van der Waals surface area contributed by atoms with Gasteiger partial charge in [0.05, 0.1) is 19.2 Å². The lowest BCUT2D eigenvalue weighted by Crippen LogP contribution is -2.16. The van der Waals surface area contributed by atoms with E-state index in [1.165, 1.54) is 19.2 Å². The highest BCUT2D eigenvalue weighted by molar-refractivity contribution is 6.31. The monoisotopic (exact) mass is 317 g/mol. The Morgan fingerprint density at radius 2 is 1.95 bits per heavy atom. The molecule has 0 heterocycles. The summed E-state index contributed by atoms with van der Waals surface area (Å²) < 4.78 is 4.47. The first-order chi connectivity index (χ1) is 9.47. The Morgan fingerprint density at radius 3 is 2.55 bits per heavy atom. The molecule has 1 aromatic carbocycles. The smallest absolute Gasteiger partial charge is 0.305 e. The molecular weight excluding hydrogens is 305 g/mol. The minimum absolute atomic E-state index is 0.0310. The maximum absolute atomic E-state index is 12.1. The standard InChI is InChI=1S/C13H13Cl2NO4/c1-20-13(19)5-4-11(17)9-6-8(15)2-3-10(9)16-12(18)7-14/h2-3,6H,4-5,7H2,1H3,(H,16,18). The molecule has 5 nitrogen and oxygen atoms in total. The first-order valence-corrected chi connectivity index (χ1v) is 6.64. The molecule has 0 spiro atoms. The van der Waals surface area contributed by atoms with Crippen molar-refractivity contribution in [2.45, 2.75) is 12.8 Å². The van der Waals surface area contributed by atoms with Gasteiger partial charge in [0.15, 0.2) is 5.78 Å². The Hall–Kier alpha value is -1.59. The van der Waals surface area contributed by atoms with E-state index >= 15 is 0 Å². The molecule has 0 atom stereocenters. The number of hydrogen-bond acceptors (Lipinski definition) is 4. The van der Waals surface area contributed by atoms with Crippen molar-refractivity contribution in [3.63, 3.8) is 0 Å². The minimum Gasteiger partial charge on any atom is -0.469 e. The summed E-state index contributed by atoms with van der Waals surface area (Å²) in [5.41, 5.74) is 0.551. The highest BCUT2D eigenvalue weighted by Gasteiger charge is 2.15. The van der Waals surface area contributed by atoms with Crippen LogP contribution < -0.4 is 5.32 Å². The minimum atomic E-state index is -0.480. The second kappa shape index (κ2) is 7.87. The average molecular weight is 318 g/mol. The van der Waals surface area contributed by atoms with Gasteiger partial charge >= 0.3 is 5.97 Å². The van der Waals surface area contributed by atoms with Crippen molar-refractivity contribution in [2.75, 3.05) is 18.3 Å². The first kappa shape index (κ1) is 16.5. The molecule has 0 aliphatic heterocycles. The molecule has 0 unspecified atom stereocenters. The van der Waals surface area contributed by atoms with E-state index in [9.17, 15) is 14.4 Å². The number of carbonyl (C=O) groups is 3. The number of alkyl halides is 1. The molecule has 0 radical (unpaired) electrons. The second-order valence-electron chi connectivity index (χ2n) is 3.87. The second-order valence-corrected chi connectivity index (χ2v) is 4.57. The van der Waals surface area contributed by atoms with E-state index in [0.717, 1.165) is 0 Å². The number of hydrogen-bond donors (Lipinski definition) is 1. The molecule has 0 aromatic heterocycles. The molecule has 1 N–H and O–H groups in total. The average Bonchev–Trinajstić information content (AvgIpc) is 2.45. The van der Waals surface area contributed by atoms with Crippen LogP contribution in [0.1, 0.15) is 23.2 Å². The zero-order valence-electron chi connectivity index (χ0n) is 10.7. The largest absolute Gasteiger partial charge is 0.469 e. The van der Waals surface area contributed by atoms with Crippen LogP contribution in [-0.2, 0) is 14.3 Å². The molecule has 0 aliphatic carbocycles. The lowest BCUT2D eigenvalue weighted by molar-refractivity contribution is -0.140. The van der Waals surface area contributed by atoms with Gasteiger partial charge in [-0.05, 0) is 18.2 Å². The van der Waals surface area contributed by atoms with Crippen LogP contribution >= 0.6 is 23.2 Å². The summed E-state index contributed by atoms with van der Waals surface area (Å²) >= 11 is 11.2. The van der Waals surface area contributed by atoms with E-state index in [4.69, 9.17) is 23.2 Å². The number of methoxy groups -OCH3 is 1.